The van der Waals surface area contributed by atoms with Crippen LogP contribution < -0.4 is 0 Å². The van der Waals surface area contributed by atoms with Crippen LogP contribution in [-0.2, 0) is 9.84 Å². The van der Waals surface area contributed by atoms with E-state index in [0.717, 1.165) is 13.0 Å². The predicted molar refractivity (Wildman–Crippen MR) is 88.4 cm³/mol. The van der Waals surface area contributed by atoms with E-state index in [9.17, 15) is 13.2 Å². The van der Waals surface area contributed by atoms with Crippen molar-refractivity contribution in [2.24, 2.45) is 0 Å². The fraction of sp³-hybridized carbons (Fsp3) is 0.600. The molecule has 23 heavy (non-hydrogen) atoms. The highest BCUT2D eigenvalue weighted by Crippen LogP contribution is 2.28. The zero-order chi connectivity index (χ0) is 16.6. The number of nitrogens with zero attached hydrogens (tertiary/aromatic N) is 3. The van der Waals surface area contributed by atoms with Crippen molar-refractivity contribution < 1.29 is 13.2 Å². The molecular formula is C15H20ClN3O3S. The van der Waals surface area contributed by atoms with Crippen LogP contribution in [0.4, 0.5) is 0 Å². The molecule has 2 aliphatic heterocycles. The summed E-state index contributed by atoms with van der Waals surface area (Å²) in [7, 11) is -3.11. The van der Waals surface area contributed by atoms with Gasteiger partial charge in [-0.25, -0.2) is 13.4 Å². The Balaban J connectivity index is 1.86. The summed E-state index contributed by atoms with van der Waals surface area (Å²) in [5.74, 6) is -0.0444. The third-order valence-electron chi connectivity index (χ3n) is 4.51. The first-order chi connectivity index (χ1) is 10.9. The summed E-state index contributed by atoms with van der Waals surface area (Å²) >= 11 is 5.81. The molecule has 3 rings (SSSR count). The molecule has 0 aliphatic carbocycles. The number of fused-ring (bicyclic) bond motifs is 1. The summed E-state index contributed by atoms with van der Waals surface area (Å²) in [6.07, 6.45) is 2.40. The van der Waals surface area contributed by atoms with Gasteiger partial charge in [-0.1, -0.05) is 18.5 Å². The number of halogens is 1. The Bertz CT molecular complexity index is 692. The zero-order valence-electron chi connectivity index (χ0n) is 13.0. The van der Waals surface area contributed by atoms with Crippen LogP contribution in [0.3, 0.4) is 0 Å². The Hall–Kier alpha value is -1.18. The average molecular weight is 358 g/mol. The number of rotatable bonds is 3. The van der Waals surface area contributed by atoms with Crippen molar-refractivity contribution >= 4 is 27.3 Å². The molecular weight excluding hydrogens is 338 g/mol. The fourth-order valence-corrected chi connectivity index (χ4v) is 5.61. The second kappa shape index (κ2) is 6.37. The fourth-order valence-electron chi connectivity index (χ4n) is 3.49. The topological polar surface area (TPSA) is 70.6 Å². The number of sulfone groups is 1. The molecule has 3 heterocycles. The second-order valence-electron chi connectivity index (χ2n) is 6.11. The minimum absolute atomic E-state index is 0.0389. The highest BCUT2D eigenvalue weighted by atomic mass is 35.5. The first kappa shape index (κ1) is 16.7. The predicted octanol–water partition coefficient (Wildman–Crippen LogP) is 1.07. The molecule has 1 aromatic rings. The van der Waals surface area contributed by atoms with Gasteiger partial charge in [0.15, 0.2) is 9.84 Å². The number of carbonyl (C=O) groups excluding carboxylic acids is 1. The van der Waals surface area contributed by atoms with Gasteiger partial charge in [-0.3, -0.25) is 9.69 Å². The molecule has 8 heteroatoms. The van der Waals surface area contributed by atoms with E-state index in [4.69, 9.17) is 11.6 Å². The Morgan fingerprint density at radius 1 is 1.30 bits per heavy atom. The van der Waals surface area contributed by atoms with Crippen molar-refractivity contribution in [1.29, 1.82) is 0 Å². The molecule has 2 atom stereocenters. The maximum absolute atomic E-state index is 12.7. The van der Waals surface area contributed by atoms with E-state index in [-0.39, 0.29) is 29.5 Å². The van der Waals surface area contributed by atoms with E-state index in [1.165, 1.54) is 6.20 Å². The van der Waals surface area contributed by atoms with Gasteiger partial charge in [0.25, 0.3) is 5.91 Å². The molecule has 2 saturated heterocycles. The lowest BCUT2D eigenvalue weighted by molar-refractivity contribution is 0.0328. The maximum atomic E-state index is 12.7. The van der Waals surface area contributed by atoms with Crippen molar-refractivity contribution in [2.75, 3.05) is 31.1 Å². The van der Waals surface area contributed by atoms with Crippen molar-refractivity contribution in [3.05, 3.63) is 29.0 Å². The van der Waals surface area contributed by atoms with E-state index in [0.29, 0.717) is 23.8 Å². The maximum Gasteiger partial charge on any atom is 0.272 e. The van der Waals surface area contributed by atoms with Crippen LogP contribution in [0, 0.1) is 0 Å². The summed E-state index contributed by atoms with van der Waals surface area (Å²) in [6, 6.07) is 2.81. The highest BCUT2D eigenvalue weighted by Gasteiger charge is 2.47. The standard InChI is InChI=1S/C15H20ClN3O3S/c1-2-5-18-6-7-19(14-10-23(21,22)9-13(14)18)15(20)12-4-3-11(16)8-17-12/h3-4,8,13-14H,2,5-7,9-10H2,1H3/t13-,14+/m0/s1. The largest absolute Gasteiger partial charge is 0.330 e. The van der Waals surface area contributed by atoms with Crippen molar-refractivity contribution in [2.45, 2.75) is 25.4 Å². The summed E-state index contributed by atoms with van der Waals surface area (Å²) < 4.78 is 24.2. The molecule has 1 amide bonds. The average Bonchev–Trinajstić information content (AvgIpc) is 2.83. The van der Waals surface area contributed by atoms with Gasteiger partial charge in [0, 0.05) is 25.3 Å². The molecule has 6 nitrogen and oxygen atoms in total. The number of piperazine rings is 1. The minimum Gasteiger partial charge on any atom is -0.330 e. The molecule has 0 spiro atoms. The highest BCUT2D eigenvalue weighted by molar-refractivity contribution is 7.91. The van der Waals surface area contributed by atoms with Crippen LogP contribution in [0.2, 0.25) is 5.02 Å². The molecule has 0 N–H and O–H groups in total. The molecule has 0 aromatic carbocycles. The zero-order valence-corrected chi connectivity index (χ0v) is 14.6. The van der Waals surface area contributed by atoms with Crippen LogP contribution in [-0.4, -0.2) is 72.3 Å². The van der Waals surface area contributed by atoms with E-state index < -0.39 is 9.84 Å². The summed E-state index contributed by atoms with van der Waals surface area (Å²) in [5.41, 5.74) is 0.307. The quantitative estimate of drug-likeness (QED) is 0.809. The smallest absolute Gasteiger partial charge is 0.272 e. The summed E-state index contributed by atoms with van der Waals surface area (Å²) in [4.78, 5) is 20.7. The SMILES string of the molecule is CCCN1CCN(C(=O)c2ccc(Cl)cn2)[C@@H]2CS(=O)(=O)C[C@@H]21. The van der Waals surface area contributed by atoms with Crippen LogP contribution >= 0.6 is 11.6 Å². The van der Waals surface area contributed by atoms with Gasteiger partial charge in [-0.15, -0.1) is 0 Å². The Morgan fingerprint density at radius 2 is 2.04 bits per heavy atom. The third kappa shape index (κ3) is 3.36. The second-order valence-corrected chi connectivity index (χ2v) is 8.70. The molecule has 0 radical (unpaired) electrons. The van der Waals surface area contributed by atoms with Gasteiger partial charge in [-0.05, 0) is 25.1 Å². The van der Waals surface area contributed by atoms with Crippen LogP contribution in [0.15, 0.2) is 18.3 Å². The van der Waals surface area contributed by atoms with E-state index in [2.05, 4.69) is 16.8 Å². The number of aromatic nitrogens is 1. The van der Waals surface area contributed by atoms with Crippen molar-refractivity contribution in [3.63, 3.8) is 0 Å². The third-order valence-corrected chi connectivity index (χ3v) is 6.43. The lowest BCUT2D eigenvalue weighted by atomic mass is 10.0. The summed E-state index contributed by atoms with van der Waals surface area (Å²) in [5, 5.41) is 0.468. The Morgan fingerprint density at radius 3 is 2.70 bits per heavy atom. The number of amides is 1. The molecule has 126 valence electrons. The first-order valence-corrected chi connectivity index (χ1v) is 9.98. The number of hydrogen-bond acceptors (Lipinski definition) is 5. The van der Waals surface area contributed by atoms with Gasteiger partial charge in [0.1, 0.15) is 5.69 Å². The van der Waals surface area contributed by atoms with E-state index in [1.54, 1.807) is 17.0 Å². The number of hydrogen-bond donors (Lipinski definition) is 0. The lowest BCUT2D eigenvalue weighted by Gasteiger charge is -2.43. The molecule has 2 fully saturated rings. The molecule has 0 saturated carbocycles. The van der Waals surface area contributed by atoms with Gasteiger partial charge in [0.05, 0.1) is 22.6 Å². The van der Waals surface area contributed by atoms with Crippen molar-refractivity contribution in [1.82, 2.24) is 14.8 Å². The van der Waals surface area contributed by atoms with Gasteiger partial charge in [0.2, 0.25) is 0 Å². The normalized spacial score (nSPS) is 27.0. The van der Waals surface area contributed by atoms with Crippen LogP contribution in [0.25, 0.3) is 0 Å². The molecule has 0 bridgehead atoms. The number of pyridine rings is 1. The summed E-state index contributed by atoms with van der Waals surface area (Å²) in [6.45, 7) is 4.16. The lowest BCUT2D eigenvalue weighted by Crippen LogP contribution is -2.60. The van der Waals surface area contributed by atoms with Crippen molar-refractivity contribution in [3.8, 4) is 0 Å². The van der Waals surface area contributed by atoms with Gasteiger partial charge >= 0.3 is 0 Å². The molecule has 2 aliphatic rings. The Labute approximate surface area is 141 Å². The Kier molecular flexibility index (Phi) is 4.62. The molecule has 1 aromatic heterocycles. The van der Waals surface area contributed by atoms with E-state index >= 15 is 0 Å². The van der Waals surface area contributed by atoms with E-state index in [1.807, 2.05) is 0 Å². The first-order valence-electron chi connectivity index (χ1n) is 7.78. The monoisotopic (exact) mass is 357 g/mol. The van der Waals surface area contributed by atoms with Crippen LogP contribution in [0.5, 0.6) is 0 Å². The van der Waals surface area contributed by atoms with Gasteiger partial charge in [-0.2, -0.15) is 0 Å². The van der Waals surface area contributed by atoms with Gasteiger partial charge < -0.3 is 4.90 Å². The number of carbonyl (C=O) groups is 1. The minimum atomic E-state index is -3.11. The molecule has 0 unspecified atom stereocenters. The van der Waals surface area contributed by atoms with Crippen LogP contribution in [0.1, 0.15) is 23.8 Å².